The van der Waals surface area contributed by atoms with Crippen LogP contribution >= 0.6 is 0 Å². The molecule has 0 saturated heterocycles. The highest BCUT2D eigenvalue weighted by Gasteiger charge is 2.27. The van der Waals surface area contributed by atoms with E-state index in [0.717, 1.165) is 0 Å². The smallest absolute Gasteiger partial charge is 0.373 e. The van der Waals surface area contributed by atoms with Crippen LogP contribution < -0.4 is 10.6 Å². The van der Waals surface area contributed by atoms with Crippen LogP contribution in [0.25, 0.3) is 0 Å². The van der Waals surface area contributed by atoms with Crippen LogP contribution in [-0.4, -0.2) is 42.9 Å². The molecule has 0 unspecified atom stereocenters. The average molecular weight is 294 g/mol. The molecular formula is C10H13F3N4O3. The highest BCUT2D eigenvalue weighted by Crippen LogP contribution is 2.23. The molecule has 0 saturated carbocycles. The number of nitrogens with zero attached hydrogens (tertiary/aromatic N) is 2. The van der Waals surface area contributed by atoms with Crippen molar-refractivity contribution < 1.29 is 22.8 Å². The number of hydrogen-bond acceptors (Lipinski definition) is 6. The molecule has 0 aliphatic rings. The van der Waals surface area contributed by atoms with Crippen molar-refractivity contribution in [3.8, 4) is 0 Å². The predicted molar refractivity (Wildman–Crippen MR) is 65.8 cm³/mol. The molecule has 0 bridgehead atoms. The van der Waals surface area contributed by atoms with Crippen molar-refractivity contribution in [3.05, 3.63) is 22.2 Å². The van der Waals surface area contributed by atoms with Crippen molar-refractivity contribution >= 4 is 17.3 Å². The number of pyridine rings is 1. The molecule has 2 N–H and O–H groups in total. The Bertz CT molecular complexity index is 468. The van der Waals surface area contributed by atoms with E-state index in [0.29, 0.717) is 5.82 Å². The summed E-state index contributed by atoms with van der Waals surface area (Å²) < 4.78 is 39.8. The number of nitro groups is 1. The van der Waals surface area contributed by atoms with Crippen molar-refractivity contribution in [2.45, 2.75) is 6.18 Å². The summed E-state index contributed by atoms with van der Waals surface area (Å²) in [7, 11) is 1.59. The maximum atomic E-state index is 11.8. The van der Waals surface area contributed by atoms with E-state index in [1.807, 2.05) is 0 Å². The number of alkyl halides is 3. The van der Waals surface area contributed by atoms with Gasteiger partial charge in [0, 0.05) is 19.7 Å². The van der Waals surface area contributed by atoms with Gasteiger partial charge in [-0.15, -0.1) is 0 Å². The third-order valence-corrected chi connectivity index (χ3v) is 2.13. The van der Waals surface area contributed by atoms with E-state index in [2.05, 4.69) is 20.4 Å². The van der Waals surface area contributed by atoms with Gasteiger partial charge >= 0.3 is 11.9 Å². The summed E-state index contributed by atoms with van der Waals surface area (Å²) in [4.78, 5) is 14.1. The number of aromatic nitrogens is 1. The number of hydrogen-bond donors (Lipinski definition) is 2. The third kappa shape index (κ3) is 5.26. The molecule has 0 radical (unpaired) electrons. The zero-order chi connectivity index (χ0) is 15.2. The van der Waals surface area contributed by atoms with Crippen molar-refractivity contribution in [2.75, 3.05) is 37.4 Å². The first kappa shape index (κ1) is 16.0. The molecule has 20 heavy (non-hydrogen) atoms. The molecular weight excluding hydrogens is 281 g/mol. The normalized spacial score (nSPS) is 11.2. The summed E-state index contributed by atoms with van der Waals surface area (Å²) in [5, 5.41) is 16.0. The van der Waals surface area contributed by atoms with E-state index < -0.39 is 17.7 Å². The fraction of sp³-hybridized carbons (Fsp3) is 0.500. The highest BCUT2D eigenvalue weighted by molar-refractivity contribution is 5.60. The second-order valence-corrected chi connectivity index (χ2v) is 3.67. The Labute approximate surface area is 112 Å². The molecule has 0 fully saturated rings. The van der Waals surface area contributed by atoms with Crippen LogP contribution in [0.4, 0.5) is 30.5 Å². The van der Waals surface area contributed by atoms with Crippen LogP contribution in [0, 0.1) is 10.1 Å². The summed E-state index contributed by atoms with van der Waals surface area (Å²) in [6.07, 6.45) is -4.39. The van der Waals surface area contributed by atoms with Gasteiger partial charge in [-0.1, -0.05) is 0 Å². The van der Waals surface area contributed by atoms with Gasteiger partial charge in [-0.05, 0) is 6.07 Å². The second-order valence-electron chi connectivity index (χ2n) is 3.67. The van der Waals surface area contributed by atoms with Crippen molar-refractivity contribution in [1.82, 2.24) is 4.98 Å². The lowest BCUT2D eigenvalue weighted by atomic mass is 10.3. The summed E-state index contributed by atoms with van der Waals surface area (Å²) >= 11 is 0. The molecule has 1 rings (SSSR count). The molecule has 0 atom stereocenters. The molecule has 0 amide bonds. The molecule has 0 spiro atoms. The number of anilines is 2. The van der Waals surface area contributed by atoms with Gasteiger partial charge in [0.15, 0.2) is 0 Å². The van der Waals surface area contributed by atoms with E-state index in [1.165, 1.54) is 12.1 Å². The molecule has 0 aliphatic carbocycles. The lowest BCUT2D eigenvalue weighted by molar-refractivity contribution is -0.384. The minimum atomic E-state index is -4.39. The zero-order valence-electron chi connectivity index (χ0n) is 10.5. The lowest BCUT2D eigenvalue weighted by Gasteiger charge is -2.09. The van der Waals surface area contributed by atoms with E-state index >= 15 is 0 Å². The van der Waals surface area contributed by atoms with E-state index in [1.54, 1.807) is 7.05 Å². The lowest BCUT2D eigenvalue weighted by Crippen LogP contribution is -2.20. The quantitative estimate of drug-likeness (QED) is 0.454. The molecule has 112 valence electrons. The standard InChI is InChI=1S/C10H13F3N4O3/c1-14-8-3-2-7(17(18)19)9(16-8)15-4-5-20-6-10(11,12)13/h2-3H,4-6H2,1H3,(H2,14,15,16). The summed E-state index contributed by atoms with van der Waals surface area (Å²) in [6.45, 7) is -1.64. The number of halogens is 3. The average Bonchev–Trinajstić information content (AvgIpc) is 2.36. The Kier molecular flexibility index (Phi) is 5.50. The summed E-state index contributed by atoms with van der Waals surface area (Å²) in [5.41, 5.74) is -0.264. The van der Waals surface area contributed by atoms with Crippen molar-refractivity contribution in [2.24, 2.45) is 0 Å². The Morgan fingerprint density at radius 3 is 2.70 bits per heavy atom. The van der Waals surface area contributed by atoms with Crippen LogP contribution in [0.15, 0.2) is 12.1 Å². The first-order valence-corrected chi connectivity index (χ1v) is 5.55. The maximum Gasteiger partial charge on any atom is 0.411 e. The maximum absolute atomic E-state index is 11.8. The topological polar surface area (TPSA) is 89.3 Å². The minimum absolute atomic E-state index is 0.0301. The van der Waals surface area contributed by atoms with E-state index in [-0.39, 0.29) is 24.7 Å². The fourth-order valence-corrected chi connectivity index (χ4v) is 1.30. The van der Waals surface area contributed by atoms with Crippen LogP contribution in [0.5, 0.6) is 0 Å². The van der Waals surface area contributed by atoms with E-state index in [9.17, 15) is 23.3 Å². The number of ether oxygens (including phenoxy) is 1. The van der Waals surface area contributed by atoms with Crippen LogP contribution in [-0.2, 0) is 4.74 Å². The molecule has 1 aromatic heterocycles. The van der Waals surface area contributed by atoms with Crippen molar-refractivity contribution in [1.29, 1.82) is 0 Å². The first-order valence-electron chi connectivity index (χ1n) is 5.55. The molecule has 10 heteroatoms. The Hall–Kier alpha value is -2.10. The SMILES string of the molecule is CNc1ccc([N+](=O)[O-])c(NCCOCC(F)(F)F)n1. The summed E-state index contributed by atoms with van der Waals surface area (Å²) in [6, 6.07) is 2.67. The van der Waals surface area contributed by atoms with Gasteiger partial charge in [0.1, 0.15) is 12.4 Å². The first-order chi connectivity index (χ1) is 9.33. The molecule has 7 nitrogen and oxygen atoms in total. The Morgan fingerprint density at radius 1 is 1.45 bits per heavy atom. The van der Waals surface area contributed by atoms with Gasteiger partial charge in [-0.2, -0.15) is 13.2 Å². The zero-order valence-corrected chi connectivity index (χ0v) is 10.5. The van der Waals surface area contributed by atoms with Crippen molar-refractivity contribution in [3.63, 3.8) is 0 Å². The predicted octanol–water partition coefficient (Wildman–Crippen LogP) is 2.02. The monoisotopic (exact) mass is 294 g/mol. The van der Waals surface area contributed by atoms with Gasteiger partial charge in [0.25, 0.3) is 0 Å². The van der Waals surface area contributed by atoms with Gasteiger partial charge in [-0.3, -0.25) is 10.1 Å². The van der Waals surface area contributed by atoms with Gasteiger partial charge in [0.05, 0.1) is 11.5 Å². The highest BCUT2D eigenvalue weighted by atomic mass is 19.4. The van der Waals surface area contributed by atoms with Gasteiger partial charge in [0.2, 0.25) is 5.82 Å². The van der Waals surface area contributed by atoms with Gasteiger partial charge in [-0.25, -0.2) is 4.98 Å². The molecule has 0 aromatic carbocycles. The minimum Gasteiger partial charge on any atom is -0.373 e. The van der Waals surface area contributed by atoms with Gasteiger partial charge < -0.3 is 15.4 Å². The largest absolute Gasteiger partial charge is 0.411 e. The third-order valence-electron chi connectivity index (χ3n) is 2.13. The molecule has 0 aliphatic heterocycles. The van der Waals surface area contributed by atoms with E-state index in [4.69, 9.17) is 0 Å². The molecule has 1 aromatic rings. The number of nitrogens with one attached hydrogen (secondary N) is 2. The second kappa shape index (κ2) is 6.89. The molecule has 1 heterocycles. The number of rotatable bonds is 7. The fourth-order valence-electron chi connectivity index (χ4n) is 1.30. The Balaban J connectivity index is 2.55. The Morgan fingerprint density at radius 2 is 2.15 bits per heavy atom. The van der Waals surface area contributed by atoms with Crippen LogP contribution in [0.1, 0.15) is 0 Å². The van der Waals surface area contributed by atoms with Crippen LogP contribution in [0.3, 0.4) is 0 Å². The van der Waals surface area contributed by atoms with Crippen LogP contribution in [0.2, 0.25) is 0 Å². The summed E-state index contributed by atoms with van der Waals surface area (Å²) in [5.74, 6) is 0.367.